The van der Waals surface area contributed by atoms with Crippen molar-refractivity contribution in [2.24, 2.45) is 7.05 Å². The molecule has 3 rings (SSSR count). The lowest BCUT2D eigenvalue weighted by atomic mass is 10.1. The summed E-state index contributed by atoms with van der Waals surface area (Å²) in [6.07, 6.45) is -2.12. The molecule has 0 spiro atoms. The number of anilines is 1. The van der Waals surface area contributed by atoms with Crippen molar-refractivity contribution in [2.75, 3.05) is 25.0 Å². The second-order valence-electron chi connectivity index (χ2n) is 6.78. The maximum absolute atomic E-state index is 13.0. The summed E-state index contributed by atoms with van der Waals surface area (Å²) in [6, 6.07) is 8.21. The Hall–Kier alpha value is -1.87. The first-order chi connectivity index (χ1) is 12.3. The fourth-order valence-electron chi connectivity index (χ4n) is 3.40. The summed E-state index contributed by atoms with van der Waals surface area (Å²) >= 11 is 5.12. The Morgan fingerprint density at radius 2 is 1.85 bits per heavy atom. The second kappa shape index (κ2) is 7.40. The predicted molar refractivity (Wildman–Crippen MR) is 95.5 cm³/mol. The lowest BCUT2D eigenvalue weighted by molar-refractivity contribution is -0.917. The molecule has 1 N–H and O–H groups in total. The molecule has 1 aromatic heterocycles. The number of para-hydroxylation sites is 1. The number of nitrogens with one attached hydrogen (secondary N) is 1. The standard InChI is InChI=1S/C17H22F3N5S/c1-22(12-25-16(26)23(2)15(21-25)17(18,19)20)11-13-7-3-4-8-14(13)24-9-5-6-10-24/h3-4,7-8H,5-6,9-12H2,1-2H3/p+1. The highest BCUT2D eigenvalue weighted by Gasteiger charge is 2.37. The van der Waals surface area contributed by atoms with Crippen LogP contribution in [0.1, 0.15) is 24.2 Å². The van der Waals surface area contributed by atoms with Gasteiger partial charge in [-0.05, 0) is 31.1 Å². The van der Waals surface area contributed by atoms with E-state index in [9.17, 15) is 13.2 Å². The van der Waals surface area contributed by atoms with Gasteiger partial charge in [0.15, 0.2) is 6.67 Å². The van der Waals surface area contributed by atoms with Crippen LogP contribution in [0.3, 0.4) is 0 Å². The first-order valence-electron chi connectivity index (χ1n) is 8.62. The van der Waals surface area contributed by atoms with Crippen molar-refractivity contribution >= 4 is 17.9 Å². The minimum Gasteiger partial charge on any atom is -0.371 e. The van der Waals surface area contributed by atoms with Crippen molar-refractivity contribution in [3.05, 3.63) is 40.4 Å². The van der Waals surface area contributed by atoms with Crippen LogP contribution in [0.4, 0.5) is 18.9 Å². The van der Waals surface area contributed by atoms with Gasteiger partial charge in [-0.25, -0.2) is 0 Å². The fraction of sp³-hybridized carbons (Fsp3) is 0.529. The van der Waals surface area contributed by atoms with E-state index in [1.54, 1.807) is 0 Å². The van der Waals surface area contributed by atoms with E-state index in [1.165, 1.54) is 35.8 Å². The Labute approximate surface area is 155 Å². The van der Waals surface area contributed by atoms with E-state index in [-0.39, 0.29) is 11.4 Å². The van der Waals surface area contributed by atoms with Crippen LogP contribution in [0.15, 0.2) is 24.3 Å². The molecule has 0 aliphatic carbocycles. The Bertz CT molecular complexity index is 821. The number of nitrogens with zero attached hydrogens (tertiary/aromatic N) is 4. The third kappa shape index (κ3) is 3.93. The van der Waals surface area contributed by atoms with E-state index in [0.717, 1.165) is 22.6 Å². The molecule has 0 radical (unpaired) electrons. The maximum atomic E-state index is 13.0. The van der Waals surface area contributed by atoms with Gasteiger partial charge in [0.05, 0.1) is 7.05 Å². The molecule has 5 nitrogen and oxygen atoms in total. The van der Waals surface area contributed by atoms with Crippen LogP contribution in [-0.4, -0.2) is 34.5 Å². The van der Waals surface area contributed by atoms with E-state index in [4.69, 9.17) is 12.2 Å². The molecule has 1 saturated heterocycles. The van der Waals surface area contributed by atoms with Gasteiger partial charge in [0.1, 0.15) is 6.54 Å². The number of halogens is 3. The third-order valence-corrected chi connectivity index (χ3v) is 5.13. The molecular weight excluding hydrogens is 363 g/mol. The molecule has 26 heavy (non-hydrogen) atoms. The van der Waals surface area contributed by atoms with Crippen molar-refractivity contribution < 1.29 is 18.1 Å². The number of alkyl halides is 3. The average molecular weight is 386 g/mol. The van der Waals surface area contributed by atoms with Crippen LogP contribution in [0.5, 0.6) is 0 Å². The summed E-state index contributed by atoms with van der Waals surface area (Å²) < 4.78 is 41.2. The van der Waals surface area contributed by atoms with Crippen LogP contribution in [0.25, 0.3) is 0 Å². The quantitative estimate of drug-likeness (QED) is 0.800. The monoisotopic (exact) mass is 386 g/mol. The number of aromatic nitrogens is 3. The number of hydrogen-bond acceptors (Lipinski definition) is 3. The van der Waals surface area contributed by atoms with Gasteiger partial charge in [-0.2, -0.15) is 17.9 Å². The van der Waals surface area contributed by atoms with E-state index < -0.39 is 12.0 Å². The molecule has 1 aromatic carbocycles. The van der Waals surface area contributed by atoms with Crippen molar-refractivity contribution in [1.82, 2.24) is 14.3 Å². The van der Waals surface area contributed by atoms with E-state index in [0.29, 0.717) is 6.54 Å². The SMILES string of the molecule is Cn1c(C(F)(F)F)nn(C[NH+](C)Cc2ccccc2N2CCCC2)c1=S. The van der Waals surface area contributed by atoms with Crippen molar-refractivity contribution in [3.63, 3.8) is 0 Å². The molecule has 1 atom stereocenters. The molecule has 142 valence electrons. The highest BCUT2D eigenvalue weighted by molar-refractivity contribution is 7.71. The molecule has 2 aromatic rings. The van der Waals surface area contributed by atoms with Crippen molar-refractivity contribution in [1.29, 1.82) is 0 Å². The molecule has 2 heterocycles. The topological polar surface area (TPSA) is 30.4 Å². The Morgan fingerprint density at radius 1 is 1.19 bits per heavy atom. The summed E-state index contributed by atoms with van der Waals surface area (Å²) in [4.78, 5) is 3.39. The lowest BCUT2D eigenvalue weighted by Gasteiger charge is -2.23. The normalized spacial score (nSPS) is 16.3. The van der Waals surface area contributed by atoms with Gasteiger partial charge in [-0.15, -0.1) is 5.10 Å². The predicted octanol–water partition coefficient (Wildman–Crippen LogP) is 2.24. The zero-order valence-electron chi connectivity index (χ0n) is 14.9. The van der Waals surface area contributed by atoms with Gasteiger partial charge in [0.2, 0.25) is 10.6 Å². The molecule has 1 fully saturated rings. The minimum absolute atomic E-state index is 0.0736. The number of hydrogen-bond donors (Lipinski definition) is 1. The van der Waals surface area contributed by atoms with E-state index in [1.807, 2.05) is 19.2 Å². The maximum Gasteiger partial charge on any atom is 0.451 e. The molecular formula is C17H23F3N5S+. The first-order valence-corrected chi connectivity index (χ1v) is 9.03. The van der Waals surface area contributed by atoms with Crippen LogP contribution in [0, 0.1) is 4.77 Å². The van der Waals surface area contributed by atoms with Crippen LogP contribution in [0.2, 0.25) is 0 Å². The van der Waals surface area contributed by atoms with Crippen LogP contribution >= 0.6 is 12.2 Å². The summed E-state index contributed by atoms with van der Waals surface area (Å²) in [5.74, 6) is -0.965. The van der Waals surface area contributed by atoms with Gasteiger partial charge in [0, 0.05) is 31.4 Å². The first kappa shape index (κ1) is 18.9. The van der Waals surface area contributed by atoms with Gasteiger partial charge < -0.3 is 9.80 Å². The summed E-state index contributed by atoms with van der Waals surface area (Å²) in [5, 5.41) is 3.68. The summed E-state index contributed by atoms with van der Waals surface area (Å²) in [6.45, 7) is 3.07. The highest BCUT2D eigenvalue weighted by Crippen LogP contribution is 2.27. The van der Waals surface area contributed by atoms with Crippen molar-refractivity contribution in [2.45, 2.75) is 32.2 Å². The lowest BCUT2D eigenvalue weighted by Crippen LogP contribution is -3.07. The zero-order valence-corrected chi connectivity index (χ0v) is 15.7. The Morgan fingerprint density at radius 3 is 2.46 bits per heavy atom. The molecule has 1 aliphatic rings. The summed E-state index contributed by atoms with van der Waals surface area (Å²) in [5.41, 5.74) is 2.40. The molecule has 1 aliphatic heterocycles. The molecule has 0 amide bonds. The fourth-order valence-corrected chi connectivity index (χ4v) is 3.59. The number of benzene rings is 1. The zero-order chi connectivity index (χ0) is 18.9. The van der Waals surface area contributed by atoms with E-state index >= 15 is 0 Å². The van der Waals surface area contributed by atoms with Crippen molar-refractivity contribution in [3.8, 4) is 0 Å². The number of rotatable bonds is 5. The molecule has 0 saturated carbocycles. The van der Waals surface area contributed by atoms with E-state index in [2.05, 4.69) is 22.1 Å². The largest absolute Gasteiger partial charge is 0.451 e. The number of quaternary nitrogens is 1. The second-order valence-corrected chi connectivity index (χ2v) is 7.14. The van der Waals surface area contributed by atoms with Crippen LogP contribution < -0.4 is 9.80 Å². The highest BCUT2D eigenvalue weighted by atomic mass is 32.1. The Kier molecular flexibility index (Phi) is 5.38. The molecule has 0 bridgehead atoms. The van der Waals surface area contributed by atoms with Gasteiger partial charge >= 0.3 is 6.18 Å². The van der Waals surface area contributed by atoms with Gasteiger partial charge in [0.25, 0.3) is 0 Å². The Balaban J connectivity index is 1.76. The molecule has 9 heteroatoms. The summed E-state index contributed by atoms with van der Waals surface area (Å²) in [7, 11) is 3.23. The van der Waals surface area contributed by atoms with Gasteiger partial charge in [-0.1, -0.05) is 18.2 Å². The van der Waals surface area contributed by atoms with Gasteiger partial charge in [-0.3, -0.25) is 4.57 Å². The average Bonchev–Trinajstić information content (AvgIpc) is 3.19. The third-order valence-electron chi connectivity index (χ3n) is 4.64. The molecule has 1 unspecified atom stereocenters. The van der Waals surface area contributed by atoms with Crippen LogP contribution in [-0.2, 0) is 26.4 Å². The minimum atomic E-state index is -4.51. The smallest absolute Gasteiger partial charge is 0.371 e.